The van der Waals surface area contributed by atoms with Crippen LogP contribution in [0.25, 0.3) is 0 Å². The van der Waals surface area contributed by atoms with Crippen LogP contribution in [0.2, 0.25) is 0 Å². The molecule has 1 aromatic carbocycles. The third-order valence-corrected chi connectivity index (χ3v) is 4.19. The number of aromatic hydroxyl groups is 1. The zero-order chi connectivity index (χ0) is 13.2. The molecule has 1 aromatic rings. The average molecular weight is 246 g/mol. The molecule has 0 amide bonds. The van der Waals surface area contributed by atoms with Crippen molar-refractivity contribution in [2.24, 2.45) is 5.41 Å². The Labute approximate surface area is 109 Å². The average Bonchev–Trinajstić information content (AvgIpc) is 2.35. The van der Waals surface area contributed by atoms with E-state index in [1.165, 1.54) is 0 Å². The summed E-state index contributed by atoms with van der Waals surface area (Å²) in [6, 6.07) is 5.33. The first-order chi connectivity index (χ1) is 8.64. The zero-order valence-electron chi connectivity index (χ0n) is 11.3. The molecule has 0 saturated carbocycles. The van der Waals surface area contributed by atoms with Gasteiger partial charge in [-0.15, -0.1) is 0 Å². The molecule has 0 bridgehead atoms. The van der Waals surface area contributed by atoms with Gasteiger partial charge in [-0.2, -0.15) is 0 Å². The summed E-state index contributed by atoms with van der Waals surface area (Å²) in [7, 11) is 0. The predicted molar refractivity (Wildman–Crippen MR) is 73.0 cm³/mol. The van der Waals surface area contributed by atoms with Crippen LogP contribution in [0.4, 0.5) is 0 Å². The number of hydrogen-bond donors (Lipinski definition) is 1. The first kappa shape index (κ1) is 13.1. The summed E-state index contributed by atoms with van der Waals surface area (Å²) in [5.41, 5.74) is 1.43. The molecule has 0 radical (unpaired) electrons. The molecule has 18 heavy (non-hydrogen) atoms. The highest BCUT2D eigenvalue weighted by Crippen LogP contribution is 2.44. The Kier molecular flexibility index (Phi) is 3.74. The highest BCUT2D eigenvalue weighted by Gasteiger charge is 2.41. The number of rotatable bonds is 4. The topological polar surface area (TPSA) is 37.3 Å². The lowest BCUT2D eigenvalue weighted by Gasteiger charge is -2.36. The van der Waals surface area contributed by atoms with Crippen molar-refractivity contribution in [3.05, 3.63) is 29.3 Å². The molecular formula is C16H22O2. The Bertz CT molecular complexity index is 442. The van der Waals surface area contributed by atoms with Crippen LogP contribution >= 0.6 is 0 Å². The first-order valence-electron chi connectivity index (χ1n) is 7.00. The lowest BCUT2D eigenvalue weighted by molar-refractivity contribution is 0.0712. The molecule has 98 valence electrons. The van der Waals surface area contributed by atoms with E-state index in [4.69, 9.17) is 0 Å². The van der Waals surface area contributed by atoms with Crippen molar-refractivity contribution in [2.75, 3.05) is 0 Å². The normalized spacial score (nSPS) is 17.6. The molecule has 0 heterocycles. The van der Waals surface area contributed by atoms with Crippen LogP contribution in [0.1, 0.15) is 61.9 Å². The monoisotopic (exact) mass is 246 g/mol. The molecule has 2 nitrogen and oxygen atoms in total. The molecule has 0 aromatic heterocycles. The Morgan fingerprint density at radius 1 is 1.22 bits per heavy atom. The highest BCUT2D eigenvalue weighted by molar-refractivity contribution is 6.03. The molecule has 1 N–H and O–H groups in total. The molecule has 1 aliphatic carbocycles. The summed E-state index contributed by atoms with van der Waals surface area (Å²) in [4.78, 5) is 12.8. The second-order valence-electron chi connectivity index (χ2n) is 5.41. The Hall–Kier alpha value is -1.31. The van der Waals surface area contributed by atoms with Gasteiger partial charge in [-0.05, 0) is 31.7 Å². The molecule has 2 rings (SSSR count). The summed E-state index contributed by atoms with van der Waals surface area (Å²) < 4.78 is 0. The maximum absolute atomic E-state index is 12.8. The summed E-state index contributed by atoms with van der Waals surface area (Å²) in [6.07, 6.45) is 5.73. The van der Waals surface area contributed by atoms with E-state index in [-0.39, 0.29) is 16.9 Å². The van der Waals surface area contributed by atoms with Gasteiger partial charge in [0.2, 0.25) is 0 Å². The van der Waals surface area contributed by atoms with E-state index in [0.29, 0.717) is 0 Å². The van der Waals surface area contributed by atoms with E-state index in [1.807, 2.05) is 6.07 Å². The first-order valence-corrected chi connectivity index (χ1v) is 7.00. The fraction of sp³-hybridized carbons (Fsp3) is 0.562. The number of hydrogen-bond acceptors (Lipinski definition) is 2. The van der Waals surface area contributed by atoms with Crippen LogP contribution in [-0.4, -0.2) is 10.9 Å². The van der Waals surface area contributed by atoms with Gasteiger partial charge in [0, 0.05) is 16.5 Å². The third kappa shape index (κ3) is 2.05. The van der Waals surface area contributed by atoms with Crippen LogP contribution in [0.15, 0.2) is 18.2 Å². The summed E-state index contributed by atoms with van der Waals surface area (Å²) >= 11 is 0. The van der Waals surface area contributed by atoms with Gasteiger partial charge in [0.05, 0.1) is 0 Å². The molecule has 0 spiro atoms. The number of Topliss-reactive ketones (excluding diaryl/α,β-unsaturated/α-hetero) is 1. The van der Waals surface area contributed by atoms with E-state index in [1.54, 1.807) is 12.1 Å². The number of ketones is 1. The minimum absolute atomic E-state index is 0.176. The molecule has 0 unspecified atom stereocenters. The standard InChI is InChI=1S/C16H22O2/c1-3-9-16(10-4-2)11-8-12-13(15(16)18)6-5-7-14(12)17/h5-7,17H,3-4,8-11H2,1-2H3. The zero-order valence-corrected chi connectivity index (χ0v) is 11.3. The van der Waals surface area contributed by atoms with Crippen molar-refractivity contribution in [3.8, 4) is 5.75 Å². The SMILES string of the molecule is CCCC1(CCC)CCc2c(O)cccc2C1=O. The lowest BCUT2D eigenvalue weighted by atomic mass is 9.65. The molecule has 0 aliphatic heterocycles. The van der Waals surface area contributed by atoms with Crippen LogP contribution in [-0.2, 0) is 6.42 Å². The number of carbonyl (C=O) groups is 1. The van der Waals surface area contributed by atoms with E-state index in [9.17, 15) is 9.90 Å². The van der Waals surface area contributed by atoms with Crippen molar-refractivity contribution in [1.29, 1.82) is 0 Å². The van der Waals surface area contributed by atoms with Crippen molar-refractivity contribution in [3.63, 3.8) is 0 Å². The Morgan fingerprint density at radius 2 is 1.89 bits per heavy atom. The van der Waals surface area contributed by atoms with Gasteiger partial charge < -0.3 is 5.11 Å². The molecular weight excluding hydrogens is 224 g/mol. The minimum Gasteiger partial charge on any atom is -0.508 e. The second kappa shape index (κ2) is 5.13. The number of phenols is 1. The van der Waals surface area contributed by atoms with E-state index < -0.39 is 0 Å². The number of fused-ring (bicyclic) bond motifs is 1. The molecule has 0 atom stereocenters. The van der Waals surface area contributed by atoms with Crippen LogP contribution in [0.5, 0.6) is 5.75 Å². The fourth-order valence-corrected chi connectivity index (χ4v) is 3.37. The molecule has 2 heteroatoms. The van der Waals surface area contributed by atoms with Gasteiger partial charge in [0.15, 0.2) is 5.78 Å². The van der Waals surface area contributed by atoms with Crippen LogP contribution in [0, 0.1) is 5.41 Å². The molecule has 0 fully saturated rings. The minimum atomic E-state index is -0.176. The third-order valence-electron chi connectivity index (χ3n) is 4.19. The number of carbonyl (C=O) groups excluding carboxylic acids is 1. The molecule has 0 saturated heterocycles. The van der Waals surface area contributed by atoms with E-state index in [2.05, 4.69) is 13.8 Å². The summed E-state index contributed by atoms with van der Waals surface area (Å²) in [6.45, 7) is 4.28. The van der Waals surface area contributed by atoms with E-state index >= 15 is 0 Å². The van der Waals surface area contributed by atoms with Crippen molar-refractivity contribution >= 4 is 5.78 Å². The van der Waals surface area contributed by atoms with Crippen LogP contribution in [0.3, 0.4) is 0 Å². The van der Waals surface area contributed by atoms with Gasteiger partial charge >= 0.3 is 0 Å². The lowest BCUT2D eigenvalue weighted by Crippen LogP contribution is -2.36. The van der Waals surface area contributed by atoms with Crippen molar-refractivity contribution < 1.29 is 9.90 Å². The van der Waals surface area contributed by atoms with Gasteiger partial charge in [-0.25, -0.2) is 0 Å². The van der Waals surface area contributed by atoms with E-state index in [0.717, 1.165) is 49.7 Å². The van der Waals surface area contributed by atoms with Gasteiger partial charge in [-0.3, -0.25) is 4.79 Å². The van der Waals surface area contributed by atoms with Gasteiger partial charge in [0.1, 0.15) is 5.75 Å². The van der Waals surface area contributed by atoms with Crippen molar-refractivity contribution in [2.45, 2.75) is 52.4 Å². The Balaban J connectivity index is 2.42. The second-order valence-corrected chi connectivity index (χ2v) is 5.41. The highest BCUT2D eigenvalue weighted by atomic mass is 16.3. The maximum atomic E-state index is 12.8. The van der Waals surface area contributed by atoms with Gasteiger partial charge in [0.25, 0.3) is 0 Å². The van der Waals surface area contributed by atoms with Crippen molar-refractivity contribution in [1.82, 2.24) is 0 Å². The summed E-state index contributed by atoms with van der Waals surface area (Å²) in [5.74, 6) is 0.533. The number of benzene rings is 1. The van der Waals surface area contributed by atoms with Gasteiger partial charge in [-0.1, -0.05) is 38.8 Å². The van der Waals surface area contributed by atoms with Crippen LogP contribution < -0.4 is 0 Å². The predicted octanol–water partition coefficient (Wildman–Crippen LogP) is 4.11. The smallest absolute Gasteiger partial charge is 0.169 e. The quantitative estimate of drug-likeness (QED) is 0.868. The molecule has 1 aliphatic rings. The Morgan fingerprint density at radius 3 is 2.50 bits per heavy atom. The fourth-order valence-electron chi connectivity index (χ4n) is 3.37. The maximum Gasteiger partial charge on any atom is 0.169 e. The summed E-state index contributed by atoms with van der Waals surface area (Å²) in [5, 5.41) is 9.85. The largest absolute Gasteiger partial charge is 0.508 e. The number of phenolic OH excluding ortho intramolecular Hbond substituents is 1.